The van der Waals surface area contributed by atoms with Gasteiger partial charge < -0.3 is 15.0 Å². The highest BCUT2D eigenvalue weighted by Gasteiger charge is 2.20. The molecule has 1 N–H and O–H groups in total. The van der Waals surface area contributed by atoms with Crippen LogP contribution in [0.1, 0.15) is 39.2 Å². The van der Waals surface area contributed by atoms with Gasteiger partial charge in [-0.2, -0.15) is 0 Å². The molecule has 0 radical (unpaired) electrons. The Bertz CT molecular complexity index is 1120. The number of morpholine rings is 1. The van der Waals surface area contributed by atoms with Crippen LogP contribution in [0.15, 0.2) is 24.3 Å². The normalized spacial score (nSPS) is 14.1. The van der Waals surface area contributed by atoms with E-state index in [1.165, 1.54) is 11.3 Å². The van der Waals surface area contributed by atoms with E-state index in [1.807, 2.05) is 49.9 Å². The molecule has 3 heterocycles. The Kier molecular flexibility index (Phi) is 6.29. The fraction of sp³-hybridized carbons (Fsp3) is 0.391. The molecule has 2 aromatic heterocycles. The van der Waals surface area contributed by atoms with E-state index < -0.39 is 0 Å². The van der Waals surface area contributed by atoms with Gasteiger partial charge in [0.2, 0.25) is 5.91 Å². The summed E-state index contributed by atoms with van der Waals surface area (Å²) in [7, 11) is 0. The molecule has 3 aromatic rings. The maximum absolute atomic E-state index is 12.9. The van der Waals surface area contributed by atoms with Crippen molar-refractivity contribution in [3.8, 4) is 0 Å². The zero-order valence-electron chi connectivity index (χ0n) is 18.0. The molecule has 0 atom stereocenters. The van der Waals surface area contributed by atoms with Crippen molar-refractivity contribution in [2.45, 2.75) is 33.6 Å². The third-order valence-electron chi connectivity index (χ3n) is 5.47. The summed E-state index contributed by atoms with van der Waals surface area (Å²) in [5.74, 6) is 0.736. The second-order valence-electron chi connectivity index (χ2n) is 7.64. The lowest BCUT2D eigenvalue weighted by Gasteiger charge is -2.26. The van der Waals surface area contributed by atoms with Crippen molar-refractivity contribution in [3.63, 3.8) is 0 Å². The molecule has 4 rings (SSSR count). The van der Waals surface area contributed by atoms with E-state index in [4.69, 9.17) is 4.74 Å². The van der Waals surface area contributed by atoms with E-state index in [-0.39, 0.29) is 11.8 Å². The van der Waals surface area contributed by atoms with Gasteiger partial charge in [-0.05, 0) is 37.1 Å². The molecule has 2 amide bonds. The minimum atomic E-state index is -0.157. The zero-order valence-corrected chi connectivity index (χ0v) is 18.8. The van der Waals surface area contributed by atoms with Crippen LogP contribution >= 0.6 is 11.3 Å². The number of nitrogens with zero attached hydrogens (tertiary/aromatic N) is 3. The highest BCUT2D eigenvalue weighted by Crippen LogP contribution is 2.32. The van der Waals surface area contributed by atoms with E-state index in [9.17, 15) is 9.59 Å². The van der Waals surface area contributed by atoms with Gasteiger partial charge in [0.25, 0.3) is 5.91 Å². The Morgan fingerprint density at radius 1 is 1.13 bits per heavy atom. The number of carbonyl (C=O) groups is 2. The maximum Gasteiger partial charge on any atom is 0.266 e. The van der Waals surface area contributed by atoms with E-state index in [2.05, 4.69) is 15.3 Å². The van der Waals surface area contributed by atoms with Crippen LogP contribution in [0.25, 0.3) is 10.2 Å². The molecule has 1 fully saturated rings. The first kappa shape index (κ1) is 21.4. The van der Waals surface area contributed by atoms with Crippen molar-refractivity contribution < 1.29 is 14.3 Å². The van der Waals surface area contributed by atoms with Crippen molar-refractivity contribution in [2.24, 2.45) is 0 Å². The average Bonchev–Trinajstić information content (AvgIpc) is 3.12. The van der Waals surface area contributed by atoms with Crippen LogP contribution in [-0.2, 0) is 22.4 Å². The Hall–Kier alpha value is -2.84. The fourth-order valence-electron chi connectivity index (χ4n) is 3.76. The van der Waals surface area contributed by atoms with Crippen LogP contribution in [0.3, 0.4) is 0 Å². The van der Waals surface area contributed by atoms with Crippen LogP contribution in [-0.4, -0.2) is 53.0 Å². The number of rotatable bonds is 5. The molecule has 0 saturated carbocycles. The molecule has 0 unspecified atom stereocenters. The third kappa shape index (κ3) is 4.60. The van der Waals surface area contributed by atoms with Gasteiger partial charge in [-0.25, -0.2) is 9.97 Å². The van der Waals surface area contributed by atoms with Gasteiger partial charge in [-0.3, -0.25) is 9.59 Å². The Morgan fingerprint density at radius 3 is 2.52 bits per heavy atom. The van der Waals surface area contributed by atoms with Crippen molar-refractivity contribution in [1.29, 1.82) is 0 Å². The van der Waals surface area contributed by atoms with Crippen LogP contribution in [0, 0.1) is 13.8 Å². The summed E-state index contributed by atoms with van der Waals surface area (Å²) in [6.45, 7) is 8.40. The number of ether oxygens (including phenoxy) is 1. The van der Waals surface area contributed by atoms with Crippen molar-refractivity contribution >= 4 is 39.1 Å². The minimum absolute atomic E-state index is 0.101. The summed E-state index contributed by atoms with van der Waals surface area (Å²) in [4.78, 5) is 37.8. The second kappa shape index (κ2) is 9.11. The van der Waals surface area contributed by atoms with Gasteiger partial charge in [0, 0.05) is 36.3 Å². The number of nitrogens with one attached hydrogen (secondary N) is 1. The van der Waals surface area contributed by atoms with E-state index >= 15 is 0 Å². The highest BCUT2D eigenvalue weighted by molar-refractivity contribution is 7.20. The van der Waals surface area contributed by atoms with Gasteiger partial charge in [0.15, 0.2) is 0 Å². The number of hydrogen-bond acceptors (Lipinski definition) is 6. The summed E-state index contributed by atoms with van der Waals surface area (Å²) in [5.41, 5.74) is 3.43. The molecular formula is C23H26N4O3S. The topological polar surface area (TPSA) is 84.4 Å². The molecule has 0 bridgehead atoms. The zero-order chi connectivity index (χ0) is 22.0. The Balaban J connectivity index is 1.45. The Morgan fingerprint density at radius 2 is 1.84 bits per heavy atom. The molecule has 7 nitrogen and oxygen atoms in total. The van der Waals surface area contributed by atoms with Crippen LogP contribution < -0.4 is 5.32 Å². The number of fused-ring (bicyclic) bond motifs is 1. The molecule has 0 aliphatic carbocycles. The third-order valence-corrected chi connectivity index (χ3v) is 6.66. The number of aryl methyl sites for hydroxylation is 3. The second-order valence-corrected chi connectivity index (χ2v) is 8.64. The van der Waals surface area contributed by atoms with Crippen molar-refractivity contribution in [3.05, 3.63) is 51.8 Å². The van der Waals surface area contributed by atoms with Crippen LogP contribution in [0.4, 0.5) is 5.69 Å². The lowest BCUT2D eigenvalue weighted by atomic mass is 10.1. The van der Waals surface area contributed by atoms with Crippen LogP contribution in [0.2, 0.25) is 0 Å². The summed E-state index contributed by atoms with van der Waals surface area (Å²) >= 11 is 1.40. The summed E-state index contributed by atoms with van der Waals surface area (Å²) in [6.07, 6.45) is 1.11. The van der Waals surface area contributed by atoms with Gasteiger partial charge in [-0.1, -0.05) is 19.1 Å². The molecular weight excluding hydrogens is 412 g/mol. The minimum Gasteiger partial charge on any atom is -0.378 e. The first-order chi connectivity index (χ1) is 15.0. The van der Waals surface area contributed by atoms with Crippen LogP contribution in [0.5, 0.6) is 0 Å². The summed E-state index contributed by atoms with van der Waals surface area (Å²) < 4.78 is 5.29. The fourth-order valence-corrected chi connectivity index (χ4v) is 4.91. The molecule has 1 aliphatic heterocycles. The largest absolute Gasteiger partial charge is 0.378 e. The van der Waals surface area contributed by atoms with Crippen molar-refractivity contribution in [2.75, 3.05) is 31.6 Å². The molecule has 0 spiro atoms. The number of amides is 2. The monoisotopic (exact) mass is 438 g/mol. The first-order valence-electron chi connectivity index (χ1n) is 10.5. The molecule has 1 aromatic carbocycles. The van der Waals surface area contributed by atoms with Crippen molar-refractivity contribution in [1.82, 2.24) is 14.9 Å². The van der Waals surface area contributed by atoms with E-state index in [0.29, 0.717) is 43.3 Å². The number of thiophene rings is 1. The summed E-state index contributed by atoms with van der Waals surface area (Å²) in [5, 5.41) is 3.93. The maximum atomic E-state index is 12.9. The highest BCUT2D eigenvalue weighted by atomic mass is 32.1. The van der Waals surface area contributed by atoms with Gasteiger partial charge in [-0.15, -0.1) is 11.3 Å². The number of benzene rings is 1. The SMILES string of the molecule is CCc1nc(C)c2c(C)c(C(=O)Nc3ccc(CC(=O)N4CCOCC4)cc3)sc2n1. The number of carbonyl (C=O) groups excluding carboxylic acids is 2. The smallest absolute Gasteiger partial charge is 0.266 e. The number of anilines is 1. The first-order valence-corrected chi connectivity index (χ1v) is 11.3. The van der Waals surface area contributed by atoms with Gasteiger partial charge in [0.05, 0.1) is 24.5 Å². The van der Waals surface area contributed by atoms with E-state index in [1.54, 1.807) is 0 Å². The van der Waals surface area contributed by atoms with Gasteiger partial charge >= 0.3 is 0 Å². The number of aromatic nitrogens is 2. The summed E-state index contributed by atoms with van der Waals surface area (Å²) in [6, 6.07) is 7.44. The predicted molar refractivity (Wildman–Crippen MR) is 122 cm³/mol. The predicted octanol–water partition coefficient (Wildman–Crippen LogP) is 3.52. The molecule has 8 heteroatoms. The van der Waals surface area contributed by atoms with E-state index in [0.717, 1.165) is 39.3 Å². The average molecular weight is 439 g/mol. The Labute approximate surface area is 185 Å². The lowest BCUT2D eigenvalue weighted by molar-refractivity contribution is -0.134. The quantitative estimate of drug-likeness (QED) is 0.659. The number of hydrogen-bond donors (Lipinski definition) is 1. The lowest BCUT2D eigenvalue weighted by Crippen LogP contribution is -2.41. The molecule has 162 valence electrons. The standard InChI is InChI=1S/C23H26N4O3S/c1-4-18-24-15(3)20-14(2)21(31-23(20)26-18)22(29)25-17-7-5-16(6-8-17)13-19(28)27-9-11-30-12-10-27/h5-8H,4,9-13H2,1-3H3,(H,25,29). The molecule has 31 heavy (non-hydrogen) atoms. The molecule has 1 saturated heterocycles. The molecule has 1 aliphatic rings. The van der Waals surface area contributed by atoms with Gasteiger partial charge in [0.1, 0.15) is 10.7 Å².